The average molecular weight is 348 g/mol. The van der Waals surface area contributed by atoms with Gasteiger partial charge in [-0.25, -0.2) is 0 Å². The summed E-state index contributed by atoms with van der Waals surface area (Å²) in [6, 6.07) is 13.9. The molecule has 0 spiro atoms. The molecule has 0 radical (unpaired) electrons. The van der Waals surface area contributed by atoms with Crippen LogP contribution in [0.4, 0.5) is 0 Å². The van der Waals surface area contributed by atoms with E-state index in [4.69, 9.17) is 0 Å². The summed E-state index contributed by atoms with van der Waals surface area (Å²) in [5.74, 6) is 0.681. The zero-order valence-electron chi connectivity index (χ0n) is 14.9. The first kappa shape index (κ1) is 16.8. The van der Waals surface area contributed by atoms with Gasteiger partial charge in [-0.15, -0.1) is 0 Å². The summed E-state index contributed by atoms with van der Waals surface area (Å²) in [7, 11) is 0. The minimum absolute atomic E-state index is 0.0570. The molecule has 2 aromatic carbocycles. The Balaban J connectivity index is 1.36. The fraction of sp³-hybridized carbons (Fsp3) is 0.364. The van der Waals surface area contributed by atoms with Gasteiger partial charge in [0.05, 0.1) is 0 Å². The fourth-order valence-corrected chi connectivity index (χ4v) is 3.88. The van der Waals surface area contributed by atoms with Crippen LogP contribution in [0.25, 0.3) is 10.8 Å². The first-order valence-corrected chi connectivity index (χ1v) is 9.43. The van der Waals surface area contributed by atoms with Gasteiger partial charge in [0.2, 0.25) is 5.91 Å². The van der Waals surface area contributed by atoms with Crippen molar-refractivity contribution in [1.82, 2.24) is 9.80 Å². The number of benzene rings is 2. The molecule has 2 aromatic rings. The van der Waals surface area contributed by atoms with E-state index in [2.05, 4.69) is 12.2 Å². The van der Waals surface area contributed by atoms with Crippen LogP contribution in [-0.2, 0) is 4.79 Å². The van der Waals surface area contributed by atoms with Crippen molar-refractivity contribution in [3.8, 4) is 0 Å². The van der Waals surface area contributed by atoms with Crippen LogP contribution in [0.1, 0.15) is 29.6 Å². The van der Waals surface area contributed by atoms with E-state index in [1.807, 2.05) is 52.3 Å². The van der Waals surface area contributed by atoms with Gasteiger partial charge in [0.25, 0.3) is 5.91 Å². The molecule has 0 bridgehead atoms. The van der Waals surface area contributed by atoms with E-state index in [0.717, 1.165) is 29.2 Å². The van der Waals surface area contributed by atoms with Crippen LogP contribution in [-0.4, -0.2) is 47.8 Å². The smallest absolute Gasteiger partial charge is 0.253 e. The van der Waals surface area contributed by atoms with Gasteiger partial charge in [-0.1, -0.05) is 42.5 Å². The monoisotopic (exact) mass is 348 g/mol. The van der Waals surface area contributed by atoms with E-state index >= 15 is 0 Å². The highest BCUT2D eigenvalue weighted by Crippen LogP contribution is 2.22. The number of carbonyl (C=O) groups excluding carboxylic acids is 2. The van der Waals surface area contributed by atoms with Gasteiger partial charge >= 0.3 is 0 Å². The molecule has 1 heterocycles. The molecule has 1 unspecified atom stereocenters. The van der Waals surface area contributed by atoms with Crippen LogP contribution in [0.2, 0.25) is 0 Å². The zero-order valence-corrected chi connectivity index (χ0v) is 14.9. The number of hydrogen-bond donors (Lipinski definition) is 0. The second-order valence-corrected chi connectivity index (χ2v) is 7.20. The topological polar surface area (TPSA) is 40.6 Å². The third-order valence-electron chi connectivity index (χ3n) is 5.47. The molecule has 4 nitrogen and oxygen atoms in total. The second-order valence-electron chi connectivity index (χ2n) is 7.20. The predicted octanol–water partition coefficient (Wildman–Crippen LogP) is 3.48. The number of nitrogens with zero attached hydrogens (tertiary/aromatic N) is 2. The van der Waals surface area contributed by atoms with Crippen LogP contribution in [0.5, 0.6) is 0 Å². The van der Waals surface area contributed by atoms with Crippen molar-refractivity contribution in [2.75, 3.05) is 26.2 Å². The van der Waals surface area contributed by atoms with Crippen molar-refractivity contribution >= 4 is 22.6 Å². The molecule has 4 heteroatoms. The Morgan fingerprint density at radius 1 is 0.923 bits per heavy atom. The number of rotatable bonds is 3. The third kappa shape index (κ3) is 3.50. The molecule has 2 amide bonds. The van der Waals surface area contributed by atoms with E-state index in [0.29, 0.717) is 38.5 Å². The largest absolute Gasteiger partial charge is 0.339 e. The normalized spacial score (nSPS) is 19.9. The van der Waals surface area contributed by atoms with E-state index in [1.54, 1.807) is 0 Å². The van der Waals surface area contributed by atoms with E-state index in [9.17, 15) is 9.59 Å². The minimum Gasteiger partial charge on any atom is -0.339 e. The van der Waals surface area contributed by atoms with Gasteiger partial charge in [0.1, 0.15) is 0 Å². The van der Waals surface area contributed by atoms with Crippen LogP contribution < -0.4 is 0 Å². The summed E-state index contributed by atoms with van der Waals surface area (Å²) in [5, 5.41) is 2.22. The highest BCUT2D eigenvalue weighted by molar-refractivity contribution is 5.98. The van der Waals surface area contributed by atoms with Gasteiger partial charge in [0.15, 0.2) is 0 Å². The van der Waals surface area contributed by atoms with Gasteiger partial charge in [-0.3, -0.25) is 9.59 Å². The lowest BCUT2D eigenvalue weighted by Gasteiger charge is -2.35. The minimum atomic E-state index is 0.0570. The van der Waals surface area contributed by atoms with Crippen molar-refractivity contribution < 1.29 is 9.59 Å². The van der Waals surface area contributed by atoms with Gasteiger partial charge < -0.3 is 9.80 Å². The lowest BCUT2D eigenvalue weighted by molar-refractivity contribution is -0.133. The van der Waals surface area contributed by atoms with Crippen molar-refractivity contribution in [2.24, 2.45) is 5.92 Å². The number of allylic oxidation sites excluding steroid dienone is 2. The number of amides is 2. The quantitative estimate of drug-likeness (QED) is 0.797. The highest BCUT2D eigenvalue weighted by Gasteiger charge is 2.26. The maximum atomic E-state index is 12.8. The Kier molecular flexibility index (Phi) is 4.74. The summed E-state index contributed by atoms with van der Waals surface area (Å²) in [4.78, 5) is 29.0. The molecule has 1 saturated heterocycles. The Morgan fingerprint density at radius 2 is 1.65 bits per heavy atom. The molecule has 0 N–H and O–H groups in total. The molecule has 1 aliphatic carbocycles. The summed E-state index contributed by atoms with van der Waals surface area (Å²) in [5.41, 5.74) is 0.722. The van der Waals surface area contributed by atoms with E-state index in [1.165, 1.54) is 0 Å². The lowest BCUT2D eigenvalue weighted by atomic mass is 10.0. The summed E-state index contributed by atoms with van der Waals surface area (Å²) in [6.07, 6.45) is 7.11. The Labute approximate surface area is 154 Å². The number of carbonyl (C=O) groups is 2. The Bertz CT molecular complexity index is 850. The van der Waals surface area contributed by atoms with Gasteiger partial charge in [-0.2, -0.15) is 0 Å². The summed E-state index contributed by atoms with van der Waals surface area (Å²) < 4.78 is 0. The van der Waals surface area contributed by atoms with Gasteiger partial charge in [0, 0.05) is 38.2 Å². The molecule has 134 valence electrons. The van der Waals surface area contributed by atoms with Crippen LogP contribution in [0, 0.1) is 5.92 Å². The molecule has 0 aromatic heterocycles. The van der Waals surface area contributed by atoms with Crippen molar-refractivity contribution in [2.45, 2.75) is 19.3 Å². The fourth-order valence-electron chi connectivity index (χ4n) is 3.88. The first-order valence-electron chi connectivity index (χ1n) is 9.43. The predicted molar refractivity (Wildman–Crippen MR) is 103 cm³/mol. The SMILES string of the molecule is O=C(CC1C=CCC1)N1CCN(C(=O)c2ccc3ccccc3c2)CC1. The van der Waals surface area contributed by atoms with E-state index < -0.39 is 0 Å². The van der Waals surface area contributed by atoms with Crippen molar-refractivity contribution in [3.05, 3.63) is 60.2 Å². The molecule has 26 heavy (non-hydrogen) atoms. The molecular formula is C22H24N2O2. The Morgan fingerprint density at radius 3 is 2.38 bits per heavy atom. The molecule has 1 atom stereocenters. The molecule has 2 aliphatic rings. The average Bonchev–Trinajstić information content (AvgIpc) is 3.20. The third-order valence-corrected chi connectivity index (χ3v) is 5.47. The van der Waals surface area contributed by atoms with Gasteiger partial charge in [-0.05, 0) is 41.7 Å². The Hall–Kier alpha value is -2.62. The van der Waals surface area contributed by atoms with Crippen LogP contribution in [0.15, 0.2) is 54.6 Å². The molecule has 4 rings (SSSR count). The maximum absolute atomic E-state index is 12.8. The van der Waals surface area contributed by atoms with Crippen LogP contribution >= 0.6 is 0 Å². The number of piperazine rings is 1. The zero-order chi connectivity index (χ0) is 17.9. The standard InChI is InChI=1S/C22H24N2O2/c25-21(15-17-5-1-2-6-17)23-11-13-24(14-12-23)22(26)20-10-9-18-7-3-4-8-19(18)16-20/h1,3-5,7-10,16-17H,2,6,11-15H2. The summed E-state index contributed by atoms with van der Waals surface area (Å²) >= 11 is 0. The lowest BCUT2D eigenvalue weighted by Crippen LogP contribution is -2.50. The first-order chi connectivity index (χ1) is 12.7. The van der Waals surface area contributed by atoms with Crippen LogP contribution in [0.3, 0.4) is 0 Å². The van der Waals surface area contributed by atoms with Crippen molar-refractivity contribution in [1.29, 1.82) is 0 Å². The number of fused-ring (bicyclic) bond motifs is 1. The highest BCUT2D eigenvalue weighted by atomic mass is 16.2. The molecule has 1 fully saturated rings. The van der Waals surface area contributed by atoms with Crippen molar-refractivity contribution in [3.63, 3.8) is 0 Å². The molecule has 0 saturated carbocycles. The molecular weight excluding hydrogens is 324 g/mol. The van der Waals surface area contributed by atoms with E-state index in [-0.39, 0.29) is 11.8 Å². The second kappa shape index (κ2) is 7.32. The summed E-state index contributed by atoms with van der Waals surface area (Å²) in [6.45, 7) is 2.49. The number of hydrogen-bond acceptors (Lipinski definition) is 2. The molecule has 1 aliphatic heterocycles. The maximum Gasteiger partial charge on any atom is 0.253 e.